The van der Waals surface area contributed by atoms with Gasteiger partial charge in [-0.15, -0.1) is 0 Å². The molecule has 0 radical (unpaired) electrons. The van der Waals surface area contributed by atoms with E-state index in [1.54, 1.807) is 19.1 Å². The van der Waals surface area contributed by atoms with Gasteiger partial charge in [-0.3, -0.25) is 29.6 Å². The summed E-state index contributed by atoms with van der Waals surface area (Å²) in [6.07, 6.45) is -2.96. The average Bonchev–Trinajstić information content (AvgIpc) is 3.15. The Morgan fingerprint density at radius 3 is 2.03 bits per heavy atom. The maximum absolute atomic E-state index is 13.1. The molecule has 3 aromatic rings. The van der Waals surface area contributed by atoms with Gasteiger partial charge in [0, 0.05) is 30.1 Å². The van der Waals surface area contributed by atoms with E-state index in [4.69, 9.17) is 0 Å². The lowest BCUT2D eigenvalue weighted by molar-refractivity contribution is -0.394. The molecule has 0 atom stereocenters. The van der Waals surface area contributed by atoms with Gasteiger partial charge < -0.3 is 0 Å². The number of halogens is 3. The summed E-state index contributed by atoms with van der Waals surface area (Å²) < 4.78 is 40.0. The molecule has 0 aliphatic heterocycles. The zero-order valence-electron chi connectivity index (χ0n) is 15.1. The molecular weight excluding hydrogens is 409 g/mol. The molecule has 3 rings (SSSR count). The third-order valence-electron chi connectivity index (χ3n) is 4.19. The van der Waals surface area contributed by atoms with Crippen LogP contribution in [-0.2, 0) is 6.18 Å². The Morgan fingerprint density at radius 1 is 1.03 bits per heavy atom. The first-order valence-electron chi connectivity index (χ1n) is 8.20. The molecule has 2 aromatic carbocycles. The number of nitro groups is 2. The van der Waals surface area contributed by atoms with Crippen LogP contribution in [0.1, 0.15) is 27.3 Å². The van der Waals surface area contributed by atoms with Gasteiger partial charge in [-0.05, 0) is 6.92 Å². The summed E-state index contributed by atoms with van der Waals surface area (Å²) >= 11 is 0. The molecule has 0 unspecified atom stereocenters. The molecule has 30 heavy (non-hydrogen) atoms. The minimum Gasteiger partial charge on any atom is -0.285 e. The van der Waals surface area contributed by atoms with Gasteiger partial charge in [0.05, 0.1) is 15.4 Å². The van der Waals surface area contributed by atoms with Gasteiger partial charge in [0.2, 0.25) is 11.5 Å². The van der Waals surface area contributed by atoms with Gasteiger partial charge in [0.25, 0.3) is 0 Å². The molecule has 0 aliphatic rings. The Labute approximate surface area is 165 Å². The van der Waals surface area contributed by atoms with Crippen molar-refractivity contribution in [1.82, 2.24) is 9.55 Å². The largest absolute Gasteiger partial charge is 0.416 e. The third kappa shape index (κ3) is 3.74. The van der Waals surface area contributed by atoms with Crippen LogP contribution >= 0.6 is 0 Å². The number of benzene rings is 2. The second-order valence-corrected chi connectivity index (χ2v) is 6.19. The summed E-state index contributed by atoms with van der Waals surface area (Å²) in [6, 6.07) is 6.55. The number of nitro benzene ring substituents is 2. The van der Waals surface area contributed by atoms with E-state index >= 15 is 0 Å². The van der Waals surface area contributed by atoms with Crippen LogP contribution in [0.15, 0.2) is 48.8 Å². The van der Waals surface area contributed by atoms with Gasteiger partial charge in [-0.25, -0.2) is 4.98 Å². The minimum absolute atomic E-state index is 0.144. The smallest absolute Gasteiger partial charge is 0.285 e. The summed E-state index contributed by atoms with van der Waals surface area (Å²) in [6.45, 7) is 1.78. The highest BCUT2D eigenvalue weighted by molar-refractivity contribution is 6.07. The fourth-order valence-corrected chi connectivity index (χ4v) is 2.78. The predicted octanol–water partition coefficient (Wildman–Crippen LogP) is 4.25. The van der Waals surface area contributed by atoms with Gasteiger partial charge >= 0.3 is 17.6 Å². The second-order valence-electron chi connectivity index (χ2n) is 6.19. The fraction of sp³-hybridized carbons (Fsp3) is 0.111. The van der Waals surface area contributed by atoms with Crippen molar-refractivity contribution >= 4 is 17.2 Å². The second kappa shape index (κ2) is 7.39. The molecule has 0 aliphatic carbocycles. The zero-order chi connectivity index (χ0) is 22.2. The van der Waals surface area contributed by atoms with Crippen molar-refractivity contribution in [2.24, 2.45) is 0 Å². The molecule has 9 nitrogen and oxygen atoms in total. The molecule has 0 amide bonds. The Balaban J connectivity index is 2.28. The minimum atomic E-state index is -5.05. The zero-order valence-corrected chi connectivity index (χ0v) is 15.1. The lowest BCUT2D eigenvalue weighted by Crippen LogP contribution is -2.14. The summed E-state index contributed by atoms with van der Waals surface area (Å²) in [5.41, 5.74) is -3.74. The van der Waals surface area contributed by atoms with Crippen molar-refractivity contribution in [3.8, 4) is 5.69 Å². The Kier molecular flexibility index (Phi) is 5.08. The molecule has 0 saturated carbocycles. The molecule has 0 bridgehead atoms. The van der Waals surface area contributed by atoms with Gasteiger partial charge in [0.1, 0.15) is 0 Å². The number of alkyl halides is 3. The molecule has 1 aromatic heterocycles. The first kappa shape index (κ1) is 20.6. The number of nitrogens with zero attached hydrogens (tertiary/aromatic N) is 4. The summed E-state index contributed by atoms with van der Waals surface area (Å²) in [5.74, 6) is -1.15. The van der Waals surface area contributed by atoms with Crippen LogP contribution in [0.2, 0.25) is 0 Å². The van der Waals surface area contributed by atoms with Crippen molar-refractivity contribution in [2.45, 2.75) is 13.1 Å². The Hall–Kier alpha value is -4.09. The van der Waals surface area contributed by atoms with Gasteiger partial charge in [-0.1, -0.05) is 29.8 Å². The first-order chi connectivity index (χ1) is 14.0. The highest BCUT2D eigenvalue weighted by Gasteiger charge is 2.39. The number of aromatic nitrogens is 2. The summed E-state index contributed by atoms with van der Waals surface area (Å²) in [7, 11) is 0. The third-order valence-corrected chi connectivity index (χ3v) is 4.19. The molecule has 0 fully saturated rings. The monoisotopic (exact) mass is 420 g/mol. The maximum atomic E-state index is 13.1. The van der Waals surface area contributed by atoms with Crippen molar-refractivity contribution < 1.29 is 27.8 Å². The van der Waals surface area contributed by atoms with E-state index in [9.17, 15) is 38.2 Å². The fourth-order valence-electron chi connectivity index (χ4n) is 2.78. The van der Waals surface area contributed by atoms with Crippen LogP contribution < -0.4 is 0 Å². The standard InChI is InChI=1S/C18H11F3N4O5/c1-10-2-4-11(5-3-10)16(26)17-22-6-7-23(17)15-13(24(27)28)8-12(18(19,20)21)9-14(15)25(29)30/h2-9H,1H3. The van der Waals surface area contributed by atoms with E-state index in [0.717, 1.165) is 22.5 Å². The first-order valence-corrected chi connectivity index (χ1v) is 8.20. The molecule has 1 heterocycles. The number of ketones is 1. The molecule has 0 spiro atoms. The van der Waals surface area contributed by atoms with Crippen LogP contribution in [0.4, 0.5) is 24.5 Å². The van der Waals surface area contributed by atoms with Crippen LogP contribution in [0.5, 0.6) is 0 Å². The van der Waals surface area contributed by atoms with Crippen molar-refractivity contribution in [1.29, 1.82) is 0 Å². The van der Waals surface area contributed by atoms with E-state index < -0.39 is 50.3 Å². The molecular formula is C18H11F3N4O5. The molecule has 154 valence electrons. The Morgan fingerprint density at radius 2 is 1.57 bits per heavy atom. The number of aryl methyl sites for hydroxylation is 1. The molecule has 0 saturated heterocycles. The number of carbonyl (C=O) groups excluding carboxylic acids is 1. The van der Waals surface area contributed by atoms with E-state index in [2.05, 4.69) is 4.98 Å². The SMILES string of the molecule is Cc1ccc(C(=O)c2nccn2-c2c([N+](=O)[O-])cc(C(F)(F)F)cc2[N+](=O)[O-])cc1. The van der Waals surface area contributed by atoms with Gasteiger partial charge in [-0.2, -0.15) is 13.2 Å². The number of imidazole rings is 1. The van der Waals surface area contributed by atoms with Crippen molar-refractivity contribution in [2.75, 3.05) is 0 Å². The number of rotatable bonds is 5. The van der Waals surface area contributed by atoms with E-state index in [-0.39, 0.29) is 17.7 Å². The van der Waals surface area contributed by atoms with E-state index in [1.807, 2.05) is 0 Å². The highest BCUT2D eigenvalue weighted by Crippen LogP contribution is 2.40. The lowest BCUT2D eigenvalue weighted by Gasteiger charge is -2.12. The quantitative estimate of drug-likeness (QED) is 0.346. The summed E-state index contributed by atoms with van der Waals surface area (Å²) in [4.78, 5) is 37.2. The number of hydrogen-bond acceptors (Lipinski definition) is 6. The number of hydrogen-bond donors (Lipinski definition) is 0. The molecule has 0 N–H and O–H groups in total. The predicted molar refractivity (Wildman–Crippen MR) is 96.5 cm³/mol. The van der Waals surface area contributed by atoms with Gasteiger partial charge in [0.15, 0.2) is 5.82 Å². The summed E-state index contributed by atoms with van der Waals surface area (Å²) in [5, 5.41) is 22.9. The van der Waals surface area contributed by atoms with Crippen molar-refractivity contribution in [3.05, 3.63) is 91.5 Å². The van der Waals surface area contributed by atoms with Crippen molar-refractivity contribution in [3.63, 3.8) is 0 Å². The van der Waals surface area contributed by atoms with Crippen LogP contribution in [0.3, 0.4) is 0 Å². The van der Waals surface area contributed by atoms with E-state index in [0.29, 0.717) is 0 Å². The Bertz CT molecular complexity index is 1130. The normalized spacial score (nSPS) is 11.3. The van der Waals surface area contributed by atoms with Crippen LogP contribution in [0, 0.1) is 27.2 Å². The molecule has 12 heteroatoms. The average molecular weight is 420 g/mol. The highest BCUT2D eigenvalue weighted by atomic mass is 19.4. The maximum Gasteiger partial charge on any atom is 0.416 e. The van der Waals surface area contributed by atoms with Crippen LogP contribution in [-0.4, -0.2) is 25.2 Å². The lowest BCUT2D eigenvalue weighted by atomic mass is 10.1. The van der Waals surface area contributed by atoms with Crippen LogP contribution in [0.25, 0.3) is 5.69 Å². The topological polar surface area (TPSA) is 121 Å². The van der Waals surface area contributed by atoms with E-state index in [1.165, 1.54) is 12.1 Å². The number of carbonyl (C=O) groups is 1.